The lowest BCUT2D eigenvalue weighted by atomic mass is 10.0. The molecule has 2 N–H and O–H groups in total. The van der Waals surface area contributed by atoms with Gasteiger partial charge in [-0.2, -0.15) is 0 Å². The van der Waals surface area contributed by atoms with Gasteiger partial charge in [-0.3, -0.25) is 9.78 Å². The van der Waals surface area contributed by atoms with Crippen LogP contribution in [0.3, 0.4) is 0 Å². The molecule has 1 heterocycles. The van der Waals surface area contributed by atoms with Crippen LogP contribution in [0.5, 0.6) is 17.2 Å². The minimum Gasteiger partial charge on any atom is -0.493 e. The molecule has 0 fully saturated rings. The summed E-state index contributed by atoms with van der Waals surface area (Å²) in [6.45, 7) is 0. The van der Waals surface area contributed by atoms with Gasteiger partial charge in [0.05, 0.1) is 32.6 Å². The van der Waals surface area contributed by atoms with Crippen LogP contribution in [0.1, 0.15) is 15.9 Å². The number of aromatic nitrogens is 1. The quantitative estimate of drug-likeness (QED) is 0.668. The van der Waals surface area contributed by atoms with E-state index in [1.54, 1.807) is 18.3 Å². The van der Waals surface area contributed by atoms with Crippen LogP contribution in [0.4, 0.5) is 5.69 Å². The van der Waals surface area contributed by atoms with Crippen molar-refractivity contribution >= 4 is 11.5 Å². The van der Waals surface area contributed by atoms with E-state index in [1.807, 2.05) is 0 Å². The molecule has 0 saturated heterocycles. The Kier molecular flexibility index (Phi) is 4.27. The van der Waals surface area contributed by atoms with Crippen molar-refractivity contribution in [1.29, 1.82) is 0 Å². The number of nitrogens with zero attached hydrogens (tertiary/aromatic N) is 1. The fourth-order valence-electron chi connectivity index (χ4n) is 2.05. The first-order chi connectivity index (χ1) is 10.1. The van der Waals surface area contributed by atoms with Crippen LogP contribution in [0.15, 0.2) is 30.6 Å². The number of ketones is 1. The molecule has 0 saturated carbocycles. The number of methoxy groups -OCH3 is 3. The first-order valence-electron chi connectivity index (χ1n) is 6.17. The zero-order valence-electron chi connectivity index (χ0n) is 12.0. The molecule has 0 unspecified atom stereocenters. The summed E-state index contributed by atoms with van der Waals surface area (Å²) in [4.78, 5) is 16.6. The van der Waals surface area contributed by atoms with E-state index in [0.717, 1.165) is 0 Å². The van der Waals surface area contributed by atoms with E-state index >= 15 is 0 Å². The van der Waals surface area contributed by atoms with Gasteiger partial charge in [-0.05, 0) is 12.1 Å². The summed E-state index contributed by atoms with van der Waals surface area (Å²) in [6.07, 6.45) is 3.06. The molecule has 6 heteroatoms. The third-order valence-electron chi connectivity index (χ3n) is 3.01. The summed E-state index contributed by atoms with van der Waals surface area (Å²) < 4.78 is 15.8. The van der Waals surface area contributed by atoms with Crippen LogP contribution in [0.2, 0.25) is 0 Å². The number of benzene rings is 1. The lowest BCUT2D eigenvalue weighted by Crippen LogP contribution is -2.10. The molecule has 21 heavy (non-hydrogen) atoms. The first kappa shape index (κ1) is 14.6. The molecule has 2 rings (SSSR count). The zero-order chi connectivity index (χ0) is 15.4. The van der Waals surface area contributed by atoms with Crippen molar-refractivity contribution < 1.29 is 19.0 Å². The Balaban J connectivity index is 2.66. The number of hydrogen-bond donors (Lipinski definition) is 1. The van der Waals surface area contributed by atoms with E-state index in [2.05, 4.69) is 4.98 Å². The summed E-state index contributed by atoms with van der Waals surface area (Å²) in [5.74, 6) is 0.664. The minimum atomic E-state index is -0.293. The second-order valence-electron chi connectivity index (χ2n) is 4.18. The molecule has 2 aromatic rings. The second-order valence-corrected chi connectivity index (χ2v) is 4.18. The van der Waals surface area contributed by atoms with E-state index in [0.29, 0.717) is 17.1 Å². The van der Waals surface area contributed by atoms with E-state index < -0.39 is 0 Å². The average Bonchev–Trinajstić information content (AvgIpc) is 2.53. The van der Waals surface area contributed by atoms with Crippen LogP contribution in [-0.2, 0) is 0 Å². The lowest BCUT2D eigenvalue weighted by Gasteiger charge is -2.17. The number of nitrogen functional groups attached to an aromatic ring is 1. The van der Waals surface area contributed by atoms with Crippen LogP contribution in [0, 0.1) is 0 Å². The molecular formula is C15H16N2O4. The fraction of sp³-hybridized carbons (Fsp3) is 0.200. The van der Waals surface area contributed by atoms with Gasteiger partial charge in [-0.25, -0.2) is 0 Å². The Labute approximate surface area is 122 Å². The first-order valence-corrected chi connectivity index (χ1v) is 6.17. The molecule has 0 atom stereocenters. The summed E-state index contributed by atoms with van der Waals surface area (Å²) in [7, 11) is 4.39. The number of anilines is 1. The molecule has 0 aliphatic rings. The van der Waals surface area contributed by atoms with Crippen LogP contribution < -0.4 is 19.9 Å². The predicted molar refractivity (Wildman–Crippen MR) is 78.2 cm³/mol. The largest absolute Gasteiger partial charge is 0.493 e. The molecule has 1 aromatic heterocycles. The van der Waals surface area contributed by atoms with Crippen molar-refractivity contribution in [3.8, 4) is 17.2 Å². The van der Waals surface area contributed by atoms with E-state index in [1.165, 1.54) is 33.6 Å². The van der Waals surface area contributed by atoms with Gasteiger partial charge in [0.15, 0.2) is 11.5 Å². The Morgan fingerprint density at radius 1 is 1.14 bits per heavy atom. The molecule has 0 amide bonds. The second kappa shape index (κ2) is 6.13. The fourth-order valence-corrected chi connectivity index (χ4v) is 2.05. The number of carbonyl (C=O) groups excluding carboxylic acids is 1. The van der Waals surface area contributed by atoms with E-state index in [4.69, 9.17) is 19.9 Å². The molecule has 0 aliphatic heterocycles. The van der Waals surface area contributed by atoms with E-state index in [9.17, 15) is 4.79 Å². The zero-order valence-corrected chi connectivity index (χ0v) is 12.0. The number of hydrogen-bond acceptors (Lipinski definition) is 6. The smallest absolute Gasteiger partial charge is 0.204 e. The predicted octanol–water partition coefficient (Wildman–Crippen LogP) is 1.92. The minimum absolute atomic E-state index is 0.225. The van der Waals surface area contributed by atoms with Gasteiger partial charge in [-0.15, -0.1) is 0 Å². The van der Waals surface area contributed by atoms with Gasteiger partial charge in [0.2, 0.25) is 11.5 Å². The number of rotatable bonds is 5. The van der Waals surface area contributed by atoms with Crippen molar-refractivity contribution in [2.45, 2.75) is 0 Å². The van der Waals surface area contributed by atoms with Gasteiger partial charge < -0.3 is 19.9 Å². The summed E-state index contributed by atoms with van der Waals surface area (Å²) in [5.41, 5.74) is 6.86. The molecule has 1 aromatic carbocycles. The normalized spacial score (nSPS) is 10.0. The van der Waals surface area contributed by atoms with Crippen molar-refractivity contribution in [1.82, 2.24) is 4.98 Å². The molecule has 6 nitrogen and oxygen atoms in total. The molecule has 110 valence electrons. The van der Waals surface area contributed by atoms with Gasteiger partial charge in [0.1, 0.15) is 0 Å². The third-order valence-corrected chi connectivity index (χ3v) is 3.01. The summed E-state index contributed by atoms with van der Waals surface area (Å²) in [6, 6.07) is 4.87. The van der Waals surface area contributed by atoms with Crippen molar-refractivity contribution in [2.24, 2.45) is 0 Å². The lowest BCUT2D eigenvalue weighted by molar-refractivity contribution is 0.103. The van der Waals surface area contributed by atoms with Crippen molar-refractivity contribution in [2.75, 3.05) is 27.1 Å². The maximum atomic E-state index is 12.6. The van der Waals surface area contributed by atoms with Gasteiger partial charge in [-0.1, -0.05) is 0 Å². The molecule has 0 spiro atoms. The SMILES string of the molecule is COc1cc(N)c(C(=O)c2cccnc2)c(OC)c1OC. The highest BCUT2D eigenvalue weighted by atomic mass is 16.5. The van der Waals surface area contributed by atoms with Gasteiger partial charge in [0, 0.05) is 24.0 Å². The Morgan fingerprint density at radius 3 is 2.38 bits per heavy atom. The monoisotopic (exact) mass is 288 g/mol. The standard InChI is InChI=1S/C15H16N2O4/c1-19-11-7-10(16)12(15(21-3)14(11)20-2)13(18)9-5-4-6-17-8-9/h4-8H,16H2,1-3H3. The van der Waals surface area contributed by atoms with Crippen LogP contribution >= 0.6 is 0 Å². The number of nitrogens with two attached hydrogens (primary N) is 1. The highest BCUT2D eigenvalue weighted by Crippen LogP contribution is 2.43. The highest BCUT2D eigenvalue weighted by molar-refractivity contribution is 6.14. The number of pyridine rings is 1. The van der Waals surface area contributed by atoms with Crippen LogP contribution in [-0.4, -0.2) is 32.1 Å². The topological polar surface area (TPSA) is 83.7 Å². The van der Waals surface area contributed by atoms with Crippen LogP contribution in [0.25, 0.3) is 0 Å². The molecule has 0 bridgehead atoms. The Morgan fingerprint density at radius 2 is 1.86 bits per heavy atom. The molecular weight excluding hydrogens is 272 g/mol. The van der Waals surface area contributed by atoms with Gasteiger partial charge >= 0.3 is 0 Å². The average molecular weight is 288 g/mol. The van der Waals surface area contributed by atoms with Crippen molar-refractivity contribution in [3.05, 3.63) is 41.7 Å². The summed E-state index contributed by atoms with van der Waals surface area (Å²) >= 11 is 0. The molecule has 0 radical (unpaired) electrons. The number of ether oxygens (including phenoxy) is 3. The van der Waals surface area contributed by atoms with E-state index in [-0.39, 0.29) is 22.8 Å². The Hall–Kier alpha value is -2.76. The molecule has 0 aliphatic carbocycles. The maximum absolute atomic E-state index is 12.6. The van der Waals surface area contributed by atoms with Gasteiger partial charge in [0.25, 0.3) is 0 Å². The Bertz CT molecular complexity index is 656. The van der Waals surface area contributed by atoms with Crippen molar-refractivity contribution in [3.63, 3.8) is 0 Å². The maximum Gasteiger partial charge on any atom is 0.204 e. The highest BCUT2D eigenvalue weighted by Gasteiger charge is 2.25. The number of carbonyl (C=O) groups is 1. The summed E-state index contributed by atoms with van der Waals surface area (Å²) in [5, 5.41) is 0. The third kappa shape index (κ3) is 2.60.